The Bertz CT molecular complexity index is 540. The van der Waals surface area contributed by atoms with Gasteiger partial charge in [0.1, 0.15) is 0 Å². The maximum absolute atomic E-state index is 10.3. The molecule has 0 radical (unpaired) electrons. The average molecular weight is 389 g/mol. The second kappa shape index (κ2) is 7.90. The molecule has 162 valence electrons. The van der Waals surface area contributed by atoms with Gasteiger partial charge in [0.2, 0.25) is 0 Å². The van der Waals surface area contributed by atoms with Gasteiger partial charge in [-0.2, -0.15) is 0 Å². The molecule has 0 bridgehead atoms. The quantitative estimate of drug-likeness (QED) is 0.518. The Morgan fingerprint density at radius 1 is 0.821 bits per heavy atom. The third kappa shape index (κ3) is 3.50. The summed E-state index contributed by atoms with van der Waals surface area (Å²) in [4.78, 5) is 0. The van der Waals surface area contributed by atoms with Crippen molar-refractivity contribution in [2.24, 2.45) is 52.3 Å². The van der Waals surface area contributed by atoms with Crippen molar-refractivity contribution in [1.29, 1.82) is 0 Å². The summed E-state index contributed by atoms with van der Waals surface area (Å²) in [5.41, 5.74) is 1.15. The van der Waals surface area contributed by atoms with Crippen LogP contribution in [0.5, 0.6) is 0 Å². The van der Waals surface area contributed by atoms with Gasteiger partial charge in [-0.25, -0.2) is 0 Å². The zero-order valence-electron chi connectivity index (χ0n) is 19.6. The van der Waals surface area contributed by atoms with Crippen LogP contribution in [0.3, 0.4) is 0 Å². The number of hydrogen-bond donors (Lipinski definition) is 1. The Balaban J connectivity index is 1.46. The maximum Gasteiger partial charge on any atom is 0.0543 e. The first-order valence-corrected chi connectivity index (χ1v) is 12.9. The first-order valence-electron chi connectivity index (χ1n) is 12.9. The van der Waals surface area contributed by atoms with Crippen LogP contribution in [-0.4, -0.2) is 11.2 Å². The number of fused-ring (bicyclic) bond motifs is 5. The minimum Gasteiger partial charge on any atom is -0.393 e. The van der Waals surface area contributed by atoms with Gasteiger partial charge < -0.3 is 5.11 Å². The molecule has 0 aromatic rings. The molecule has 4 rings (SSSR count). The summed E-state index contributed by atoms with van der Waals surface area (Å²) in [6.45, 7) is 12.7. The zero-order valence-corrected chi connectivity index (χ0v) is 19.6. The predicted octanol–water partition coefficient (Wildman–Crippen LogP) is 7.47. The van der Waals surface area contributed by atoms with Gasteiger partial charge >= 0.3 is 0 Å². The maximum atomic E-state index is 10.3. The van der Waals surface area contributed by atoms with Gasteiger partial charge in [-0.1, -0.05) is 53.9 Å². The second-order valence-corrected chi connectivity index (χ2v) is 12.6. The van der Waals surface area contributed by atoms with E-state index in [1.165, 1.54) is 64.2 Å². The molecular weight excluding hydrogens is 340 g/mol. The van der Waals surface area contributed by atoms with E-state index in [0.717, 1.165) is 54.3 Å². The third-order valence-corrected chi connectivity index (χ3v) is 10.8. The Kier molecular flexibility index (Phi) is 5.98. The van der Waals surface area contributed by atoms with E-state index in [2.05, 4.69) is 34.6 Å². The van der Waals surface area contributed by atoms with Crippen molar-refractivity contribution in [1.82, 2.24) is 0 Å². The van der Waals surface area contributed by atoms with Crippen molar-refractivity contribution in [2.45, 2.75) is 118 Å². The molecule has 0 aromatic carbocycles. The number of rotatable bonds is 5. The minimum atomic E-state index is -0.00830. The van der Waals surface area contributed by atoms with Crippen LogP contribution in [0, 0.1) is 52.3 Å². The summed E-state index contributed by atoms with van der Waals surface area (Å²) in [6.07, 6.45) is 16.6. The molecule has 0 saturated heterocycles. The molecule has 9 atom stereocenters. The molecule has 4 fully saturated rings. The molecule has 28 heavy (non-hydrogen) atoms. The van der Waals surface area contributed by atoms with E-state index in [-0.39, 0.29) is 6.10 Å². The van der Waals surface area contributed by atoms with Crippen molar-refractivity contribution in [3.8, 4) is 0 Å². The van der Waals surface area contributed by atoms with E-state index < -0.39 is 0 Å². The van der Waals surface area contributed by atoms with Crippen molar-refractivity contribution in [3.05, 3.63) is 0 Å². The normalized spacial score (nSPS) is 49.4. The van der Waals surface area contributed by atoms with Crippen molar-refractivity contribution in [3.63, 3.8) is 0 Å². The molecule has 4 aliphatic carbocycles. The number of hydrogen-bond acceptors (Lipinski definition) is 1. The number of aliphatic hydroxyl groups excluding tert-OH is 1. The largest absolute Gasteiger partial charge is 0.393 e. The summed E-state index contributed by atoms with van der Waals surface area (Å²) >= 11 is 0. The molecule has 1 N–H and O–H groups in total. The Hall–Kier alpha value is -0.0400. The summed E-state index contributed by atoms with van der Waals surface area (Å²) in [5.74, 6) is 6.49. The molecule has 0 amide bonds. The van der Waals surface area contributed by atoms with Crippen molar-refractivity contribution in [2.75, 3.05) is 0 Å². The van der Waals surface area contributed by atoms with E-state index in [1.54, 1.807) is 0 Å². The smallest absolute Gasteiger partial charge is 0.0543 e. The van der Waals surface area contributed by atoms with Crippen molar-refractivity contribution < 1.29 is 5.11 Å². The summed E-state index contributed by atoms with van der Waals surface area (Å²) in [5, 5.41) is 10.3. The lowest BCUT2D eigenvalue weighted by Gasteiger charge is -2.61. The molecule has 0 spiro atoms. The van der Waals surface area contributed by atoms with Crippen LogP contribution >= 0.6 is 0 Å². The van der Waals surface area contributed by atoms with E-state index in [0.29, 0.717) is 10.8 Å². The van der Waals surface area contributed by atoms with Crippen LogP contribution in [0.15, 0.2) is 0 Å². The highest BCUT2D eigenvalue weighted by molar-refractivity contribution is 5.09. The second-order valence-electron chi connectivity index (χ2n) is 12.6. The fourth-order valence-electron chi connectivity index (χ4n) is 9.26. The van der Waals surface area contributed by atoms with Gasteiger partial charge in [-0.15, -0.1) is 0 Å². The SMILES string of the molecule is CC(C)CCCC(C)[C@H]1CC[C@H]2C3CC[C@H]4C[C@H](O)CC[C@]4(C)[C@H]3CC[C@]12C. The lowest BCUT2D eigenvalue weighted by atomic mass is 9.44. The molecule has 1 heteroatoms. The molecular formula is C27H48O. The van der Waals surface area contributed by atoms with Crippen LogP contribution in [0.4, 0.5) is 0 Å². The average Bonchev–Trinajstić information content (AvgIpc) is 2.99. The van der Waals surface area contributed by atoms with Crippen LogP contribution in [-0.2, 0) is 0 Å². The fraction of sp³-hybridized carbons (Fsp3) is 1.00. The van der Waals surface area contributed by atoms with Crippen molar-refractivity contribution >= 4 is 0 Å². The van der Waals surface area contributed by atoms with Gasteiger partial charge in [-0.3, -0.25) is 0 Å². The van der Waals surface area contributed by atoms with Crippen LogP contribution in [0.25, 0.3) is 0 Å². The topological polar surface area (TPSA) is 20.2 Å². The Labute approximate surface area is 175 Å². The first kappa shape index (κ1) is 21.2. The molecule has 4 saturated carbocycles. The van der Waals surface area contributed by atoms with Gasteiger partial charge in [0.25, 0.3) is 0 Å². The highest BCUT2D eigenvalue weighted by Crippen LogP contribution is 2.68. The first-order chi connectivity index (χ1) is 13.3. The Morgan fingerprint density at radius 3 is 2.29 bits per heavy atom. The monoisotopic (exact) mass is 388 g/mol. The Morgan fingerprint density at radius 2 is 1.54 bits per heavy atom. The predicted molar refractivity (Wildman–Crippen MR) is 119 cm³/mol. The van der Waals surface area contributed by atoms with Crippen LogP contribution in [0.2, 0.25) is 0 Å². The number of aliphatic hydroxyl groups is 1. The van der Waals surface area contributed by atoms with Crippen LogP contribution < -0.4 is 0 Å². The summed E-state index contributed by atoms with van der Waals surface area (Å²) in [7, 11) is 0. The molecule has 0 aromatic heterocycles. The minimum absolute atomic E-state index is 0.00830. The lowest BCUT2D eigenvalue weighted by molar-refractivity contribution is -0.129. The molecule has 2 unspecified atom stereocenters. The van der Waals surface area contributed by atoms with E-state index in [1.807, 2.05) is 0 Å². The highest BCUT2D eigenvalue weighted by atomic mass is 16.3. The van der Waals surface area contributed by atoms with E-state index in [4.69, 9.17) is 0 Å². The van der Waals surface area contributed by atoms with Gasteiger partial charge in [-0.05, 0) is 110 Å². The summed E-state index contributed by atoms with van der Waals surface area (Å²) < 4.78 is 0. The summed E-state index contributed by atoms with van der Waals surface area (Å²) in [6, 6.07) is 0. The standard InChI is InChI=1S/C27H48O/c1-18(2)7-6-8-19(3)23-11-12-24-22-10-9-20-17-21(28)13-15-26(20,4)25(22)14-16-27(23,24)5/h18-25,28H,6-17H2,1-5H3/t19?,20-,21+,22?,23+,24-,25-,26-,27+/m0/s1. The fourth-order valence-corrected chi connectivity index (χ4v) is 9.26. The molecule has 4 aliphatic rings. The molecule has 1 nitrogen and oxygen atoms in total. The van der Waals surface area contributed by atoms with E-state index >= 15 is 0 Å². The van der Waals surface area contributed by atoms with Gasteiger partial charge in [0, 0.05) is 0 Å². The highest BCUT2D eigenvalue weighted by Gasteiger charge is 2.60. The van der Waals surface area contributed by atoms with Gasteiger partial charge in [0.05, 0.1) is 6.10 Å². The van der Waals surface area contributed by atoms with E-state index in [9.17, 15) is 5.11 Å². The van der Waals surface area contributed by atoms with Gasteiger partial charge in [0.15, 0.2) is 0 Å². The lowest BCUT2D eigenvalue weighted by Crippen LogP contribution is -2.54. The molecule has 0 aliphatic heterocycles. The molecule has 0 heterocycles. The zero-order chi connectivity index (χ0) is 20.1. The van der Waals surface area contributed by atoms with Crippen LogP contribution in [0.1, 0.15) is 112 Å². The third-order valence-electron chi connectivity index (χ3n) is 10.8.